The molecular formula is C18H43ClP2. The SMILES string of the molecule is CC(C)P(C(C)C)C(C)C.CC(C)P(C(C)C)C(C)C.Cl. The average Bonchev–Trinajstić information content (AvgIpc) is 2.12. The zero-order valence-corrected chi connectivity index (χ0v) is 19.4. The van der Waals surface area contributed by atoms with Gasteiger partial charge in [-0.1, -0.05) is 98.9 Å². The van der Waals surface area contributed by atoms with Crippen LogP contribution in [0.1, 0.15) is 83.1 Å². The molecule has 0 saturated heterocycles. The first-order valence-electron chi connectivity index (χ1n) is 8.48. The number of hydrogen-bond donors (Lipinski definition) is 0. The summed E-state index contributed by atoms with van der Waals surface area (Å²) in [4.78, 5) is 0. The fraction of sp³-hybridized carbons (Fsp3) is 1.00. The highest BCUT2D eigenvalue weighted by atomic mass is 35.5. The molecule has 0 spiro atoms. The highest BCUT2D eigenvalue weighted by molar-refractivity contribution is 7.60. The van der Waals surface area contributed by atoms with Crippen LogP contribution in [0.15, 0.2) is 0 Å². The lowest BCUT2D eigenvalue weighted by atomic mass is 10.5. The molecule has 0 unspecified atom stereocenters. The lowest BCUT2D eigenvalue weighted by molar-refractivity contribution is 0.946. The molecule has 0 atom stereocenters. The second-order valence-electron chi connectivity index (χ2n) is 7.46. The monoisotopic (exact) mass is 356 g/mol. The maximum absolute atomic E-state index is 2.35. The van der Waals surface area contributed by atoms with Crippen molar-refractivity contribution in [2.45, 2.75) is 117 Å². The predicted molar refractivity (Wildman–Crippen MR) is 112 cm³/mol. The molecule has 0 fully saturated rings. The lowest BCUT2D eigenvalue weighted by Gasteiger charge is -2.29. The third-order valence-electron chi connectivity index (χ3n) is 3.58. The number of rotatable bonds is 6. The number of hydrogen-bond acceptors (Lipinski definition) is 0. The third-order valence-corrected chi connectivity index (χ3v) is 10.7. The molecule has 0 radical (unpaired) electrons. The Bertz CT molecular complexity index is 161. The van der Waals surface area contributed by atoms with Gasteiger partial charge in [0, 0.05) is 0 Å². The van der Waals surface area contributed by atoms with E-state index >= 15 is 0 Å². The molecule has 0 saturated carbocycles. The fourth-order valence-corrected chi connectivity index (χ4v) is 10.7. The van der Waals surface area contributed by atoms with Crippen LogP contribution in [0.5, 0.6) is 0 Å². The van der Waals surface area contributed by atoms with Gasteiger partial charge < -0.3 is 0 Å². The van der Waals surface area contributed by atoms with E-state index in [0.29, 0.717) is 0 Å². The fourth-order valence-electron chi connectivity index (χ4n) is 3.58. The summed E-state index contributed by atoms with van der Waals surface area (Å²) in [5, 5.41) is 0. The van der Waals surface area contributed by atoms with E-state index in [2.05, 4.69) is 83.1 Å². The molecule has 0 amide bonds. The van der Waals surface area contributed by atoms with Crippen molar-refractivity contribution >= 4 is 28.3 Å². The largest absolute Gasteiger partial charge is 0.147 e. The van der Waals surface area contributed by atoms with E-state index in [9.17, 15) is 0 Å². The Balaban J connectivity index is -0.000000295. The molecule has 21 heavy (non-hydrogen) atoms. The van der Waals surface area contributed by atoms with Crippen LogP contribution in [0.25, 0.3) is 0 Å². The summed E-state index contributed by atoms with van der Waals surface area (Å²) in [7, 11) is 0.525. The number of halogens is 1. The van der Waals surface area contributed by atoms with Crippen LogP contribution >= 0.6 is 28.3 Å². The van der Waals surface area contributed by atoms with Crippen molar-refractivity contribution < 1.29 is 0 Å². The molecule has 0 aromatic carbocycles. The van der Waals surface area contributed by atoms with Crippen LogP contribution in [0.2, 0.25) is 0 Å². The minimum absolute atomic E-state index is 0. The van der Waals surface area contributed by atoms with E-state index in [1.165, 1.54) is 0 Å². The Morgan fingerprint density at radius 3 is 0.429 bits per heavy atom. The quantitative estimate of drug-likeness (QED) is 0.425. The van der Waals surface area contributed by atoms with Crippen molar-refractivity contribution in [1.29, 1.82) is 0 Å². The van der Waals surface area contributed by atoms with E-state index in [1.54, 1.807) is 0 Å². The van der Waals surface area contributed by atoms with Gasteiger partial charge in [0.1, 0.15) is 0 Å². The lowest BCUT2D eigenvalue weighted by Crippen LogP contribution is -2.10. The molecule has 0 aromatic heterocycles. The van der Waals surface area contributed by atoms with Gasteiger partial charge in [0.25, 0.3) is 0 Å². The molecule has 0 aliphatic rings. The molecule has 0 heterocycles. The molecule has 0 aliphatic heterocycles. The van der Waals surface area contributed by atoms with Gasteiger partial charge in [0.15, 0.2) is 0 Å². The Kier molecular flexibility index (Phi) is 17.5. The second-order valence-corrected chi connectivity index (χ2v) is 15.4. The van der Waals surface area contributed by atoms with Gasteiger partial charge in [-0.05, 0) is 34.0 Å². The summed E-state index contributed by atoms with van der Waals surface area (Å²) in [6, 6.07) is 0. The summed E-state index contributed by atoms with van der Waals surface area (Å²) in [5.41, 5.74) is 5.39. The van der Waals surface area contributed by atoms with E-state index < -0.39 is 0 Å². The van der Waals surface area contributed by atoms with Crippen molar-refractivity contribution in [3.05, 3.63) is 0 Å². The first-order chi connectivity index (χ1) is 8.93. The summed E-state index contributed by atoms with van der Waals surface area (Å²) in [5.74, 6) is 0. The van der Waals surface area contributed by atoms with E-state index in [0.717, 1.165) is 34.0 Å². The molecule has 0 aromatic rings. The van der Waals surface area contributed by atoms with Crippen molar-refractivity contribution in [2.24, 2.45) is 0 Å². The minimum atomic E-state index is 0. The van der Waals surface area contributed by atoms with Gasteiger partial charge in [0.05, 0.1) is 0 Å². The first-order valence-corrected chi connectivity index (χ1v) is 11.6. The Hall–Kier alpha value is 1.15. The average molecular weight is 357 g/mol. The summed E-state index contributed by atoms with van der Waals surface area (Å²) in [6.45, 7) is 28.2. The maximum atomic E-state index is 2.35. The van der Waals surface area contributed by atoms with Crippen molar-refractivity contribution in [3.63, 3.8) is 0 Å². The zero-order chi connectivity index (χ0) is 16.6. The second kappa shape index (κ2) is 13.6. The highest BCUT2D eigenvalue weighted by Gasteiger charge is 2.20. The van der Waals surface area contributed by atoms with Gasteiger partial charge in [-0.25, -0.2) is 0 Å². The zero-order valence-electron chi connectivity index (χ0n) is 16.8. The normalized spacial score (nSPS) is 12.0. The van der Waals surface area contributed by atoms with Gasteiger partial charge >= 0.3 is 0 Å². The van der Waals surface area contributed by atoms with Crippen LogP contribution in [0.3, 0.4) is 0 Å². The maximum Gasteiger partial charge on any atom is -0.0261 e. The Labute approximate surface area is 145 Å². The van der Waals surface area contributed by atoms with Crippen molar-refractivity contribution in [3.8, 4) is 0 Å². The summed E-state index contributed by atoms with van der Waals surface area (Å²) >= 11 is 0. The van der Waals surface area contributed by atoms with Crippen molar-refractivity contribution in [1.82, 2.24) is 0 Å². The third kappa shape index (κ3) is 12.3. The highest BCUT2D eigenvalue weighted by Crippen LogP contribution is 2.50. The first kappa shape index (κ1) is 27.0. The van der Waals surface area contributed by atoms with E-state index in [4.69, 9.17) is 0 Å². The van der Waals surface area contributed by atoms with Gasteiger partial charge in [-0.3, -0.25) is 0 Å². The van der Waals surface area contributed by atoms with Gasteiger partial charge in [-0.15, -0.1) is 12.4 Å². The topological polar surface area (TPSA) is 0 Å². The molecule has 0 N–H and O–H groups in total. The molecule has 0 nitrogen and oxygen atoms in total. The van der Waals surface area contributed by atoms with E-state index in [-0.39, 0.29) is 28.3 Å². The Morgan fingerprint density at radius 2 is 0.429 bits per heavy atom. The standard InChI is InChI=1S/2C9H21P.ClH/c2*1-7(2)10(8(3)4)9(5)6;/h2*7-9H,1-6H3;1H. The van der Waals surface area contributed by atoms with Gasteiger partial charge in [0.2, 0.25) is 0 Å². The summed E-state index contributed by atoms with van der Waals surface area (Å²) in [6.07, 6.45) is 0. The van der Waals surface area contributed by atoms with E-state index in [1.807, 2.05) is 0 Å². The molecule has 0 aliphatic carbocycles. The minimum Gasteiger partial charge on any atom is -0.147 e. The predicted octanol–water partition coefficient (Wildman–Crippen LogP) is 7.81. The Morgan fingerprint density at radius 1 is 0.333 bits per heavy atom. The summed E-state index contributed by atoms with van der Waals surface area (Å²) < 4.78 is 0. The van der Waals surface area contributed by atoms with Crippen LogP contribution in [-0.4, -0.2) is 34.0 Å². The molecule has 3 heteroatoms. The molecule has 132 valence electrons. The smallest absolute Gasteiger partial charge is 0.0261 e. The molecular weight excluding hydrogens is 314 g/mol. The molecule has 0 rings (SSSR count). The van der Waals surface area contributed by atoms with Crippen LogP contribution < -0.4 is 0 Å². The van der Waals surface area contributed by atoms with Crippen molar-refractivity contribution in [2.75, 3.05) is 0 Å². The van der Waals surface area contributed by atoms with Gasteiger partial charge in [-0.2, -0.15) is 0 Å². The van der Waals surface area contributed by atoms with Crippen LogP contribution in [0, 0.1) is 0 Å². The van der Waals surface area contributed by atoms with Crippen LogP contribution in [0.4, 0.5) is 0 Å². The van der Waals surface area contributed by atoms with Crippen LogP contribution in [-0.2, 0) is 0 Å². The molecule has 0 bridgehead atoms.